The van der Waals surface area contributed by atoms with Crippen LogP contribution < -0.4 is 0 Å². The van der Waals surface area contributed by atoms with Crippen LogP contribution in [0.2, 0.25) is 0 Å². The zero-order valence-electron chi connectivity index (χ0n) is 16.4. The zero-order chi connectivity index (χ0) is 21.6. The first-order chi connectivity index (χ1) is 13.4. The summed E-state index contributed by atoms with van der Waals surface area (Å²) in [6.07, 6.45) is 0.0872. The van der Waals surface area contributed by atoms with E-state index in [-0.39, 0.29) is 17.9 Å². The number of allylic oxidation sites excluding steroid dienone is 4. The van der Waals surface area contributed by atoms with Crippen LogP contribution in [0.15, 0.2) is 22.8 Å². The molecule has 0 aromatic heterocycles. The smallest absolute Gasteiger partial charge is 0.196 e. The molecule has 0 aromatic rings. The minimum Gasteiger partial charge on any atom is -0.390 e. The molecule has 0 radical (unpaired) electrons. The molecule has 6 nitrogen and oxygen atoms in total. The van der Waals surface area contributed by atoms with E-state index in [4.69, 9.17) is 11.6 Å². The van der Waals surface area contributed by atoms with Crippen LogP contribution in [-0.2, 0) is 9.59 Å². The molecule has 8 heteroatoms. The normalized spacial score (nSPS) is 51.5. The molecule has 3 saturated carbocycles. The van der Waals surface area contributed by atoms with Crippen molar-refractivity contribution in [1.82, 2.24) is 0 Å². The van der Waals surface area contributed by atoms with Crippen molar-refractivity contribution >= 4 is 23.2 Å². The van der Waals surface area contributed by atoms with Crippen LogP contribution in [0.1, 0.15) is 39.5 Å². The second-order valence-electron chi connectivity index (χ2n) is 9.48. The Kier molecular flexibility index (Phi) is 4.52. The molecule has 29 heavy (non-hydrogen) atoms. The molecule has 4 aliphatic rings. The maximum absolute atomic E-state index is 16.9. The average Bonchev–Trinajstić information content (AvgIpc) is 2.85. The predicted octanol–water partition coefficient (Wildman–Crippen LogP) is 1.19. The van der Waals surface area contributed by atoms with E-state index in [2.05, 4.69) is 0 Å². The number of Topliss-reactive ketones (excluding diaryl/α,β-unsaturated/α-hetero) is 1. The summed E-state index contributed by atoms with van der Waals surface area (Å²) in [4.78, 5) is 24.4. The van der Waals surface area contributed by atoms with E-state index < -0.39 is 64.3 Å². The highest BCUT2D eigenvalue weighted by Crippen LogP contribution is 2.69. The number of aliphatic hydroxyl groups excluding tert-OH is 3. The Morgan fingerprint density at radius 2 is 1.93 bits per heavy atom. The van der Waals surface area contributed by atoms with E-state index in [0.717, 1.165) is 0 Å². The Balaban J connectivity index is 1.85. The van der Waals surface area contributed by atoms with E-state index in [0.29, 0.717) is 18.4 Å². The number of aliphatic hydroxyl groups is 4. The number of halogens is 2. The molecule has 0 spiro atoms. The van der Waals surface area contributed by atoms with Gasteiger partial charge in [-0.15, -0.1) is 0 Å². The highest BCUT2D eigenvalue weighted by molar-refractivity contribution is 6.44. The molecule has 0 amide bonds. The summed E-state index contributed by atoms with van der Waals surface area (Å²) < 4.78 is 16.9. The third-order valence-corrected chi connectivity index (χ3v) is 8.78. The van der Waals surface area contributed by atoms with Gasteiger partial charge in [-0.3, -0.25) is 9.59 Å². The minimum absolute atomic E-state index is 0.0205. The Bertz CT molecular complexity index is 856. The molecule has 0 unspecified atom stereocenters. The highest BCUT2D eigenvalue weighted by Gasteiger charge is 2.76. The average molecular weight is 429 g/mol. The fourth-order valence-corrected chi connectivity index (χ4v) is 7.17. The van der Waals surface area contributed by atoms with Gasteiger partial charge in [-0.2, -0.15) is 0 Å². The first kappa shape index (κ1) is 21.1. The van der Waals surface area contributed by atoms with Crippen LogP contribution >= 0.6 is 11.6 Å². The molecular weight excluding hydrogens is 403 g/mol. The summed E-state index contributed by atoms with van der Waals surface area (Å²) in [6, 6.07) is 0. The molecule has 0 aliphatic heterocycles. The van der Waals surface area contributed by atoms with Gasteiger partial charge in [0, 0.05) is 16.7 Å². The highest BCUT2D eigenvalue weighted by atomic mass is 35.5. The number of ketones is 2. The molecular formula is C21H26ClFO6. The molecule has 0 heterocycles. The van der Waals surface area contributed by atoms with E-state index >= 15 is 4.39 Å². The summed E-state index contributed by atoms with van der Waals surface area (Å²) in [5.41, 5.74) is -6.50. The fourth-order valence-electron chi connectivity index (χ4n) is 6.90. The largest absolute Gasteiger partial charge is 0.390 e. The van der Waals surface area contributed by atoms with E-state index in [1.807, 2.05) is 0 Å². The van der Waals surface area contributed by atoms with Gasteiger partial charge in [0.2, 0.25) is 0 Å². The Morgan fingerprint density at radius 3 is 2.55 bits per heavy atom. The second kappa shape index (κ2) is 6.20. The van der Waals surface area contributed by atoms with Crippen molar-refractivity contribution in [2.75, 3.05) is 6.61 Å². The molecule has 3 fully saturated rings. The summed E-state index contributed by atoms with van der Waals surface area (Å²) in [7, 11) is 0. The van der Waals surface area contributed by atoms with Crippen molar-refractivity contribution in [2.45, 2.75) is 63.0 Å². The number of hydrogen-bond acceptors (Lipinski definition) is 6. The first-order valence-electron chi connectivity index (χ1n) is 9.93. The van der Waals surface area contributed by atoms with Crippen LogP contribution in [0.3, 0.4) is 0 Å². The van der Waals surface area contributed by atoms with E-state index in [9.17, 15) is 30.0 Å². The first-order valence-corrected chi connectivity index (χ1v) is 10.3. The lowest BCUT2D eigenvalue weighted by Crippen LogP contribution is -2.69. The lowest BCUT2D eigenvalue weighted by atomic mass is 9.44. The van der Waals surface area contributed by atoms with Crippen LogP contribution in [0, 0.1) is 22.7 Å². The van der Waals surface area contributed by atoms with E-state index in [1.165, 1.54) is 12.2 Å². The summed E-state index contributed by atoms with van der Waals surface area (Å²) >= 11 is 6.05. The van der Waals surface area contributed by atoms with Crippen LogP contribution in [0.4, 0.5) is 4.39 Å². The van der Waals surface area contributed by atoms with Crippen molar-refractivity contribution in [3.8, 4) is 0 Å². The van der Waals surface area contributed by atoms with Gasteiger partial charge in [-0.05, 0) is 50.7 Å². The van der Waals surface area contributed by atoms with Crippen molar-refractivity contribution in [2.24, 2.45) is 22.7 Å². The quantitative estimate of drug-likeness (QED) is 0.525. The fraction of sp³-hybridized carbons (Fsp3) is 0.714. The number of carbonyl (C=O) groups is 2. The summed E-state index contributed by atoms with van der Waals surface area (Å²) in [5.74, 6) is -2.70. The van der Waals surface area contributed by atoms with Gasteiger partial charge in [0.1, 0.15) is 6.61 Å². The number of fused-ring (bicyclic) bond motifs is 5. The van der Waals surface area contributed by atoms with Crippen molar-refractivity contribution in [3.05, 3.63) is 22.8 Å². The maximum atomic E-state index is 16.9. The molecule has 0 saturated heterocycles. The Hall–Kier alpha value is -1.12. The van der Waals surface area contributed by atoms with Gasteiger partial charge < -0.3 is 20.4 Å². The Morgan fingerprint density at radius 1 is 1.28 bits per heavy atom. The monoisotopic (exact) mass is 428 g/mol. The van der Waals surface area contributed by atoms with Gasteiger partial charge in [0.15, 0.2) is 22.8 Å². The van der Waals surface area contributed by atoms with Gasteiger partial charge >= 0.3 is 0 Å². The number of hydrogen-bond donors (Lipinski definition) is 4. The standard InChI is InChI=1S/C21H26ClFO6/c1-18-7-13(22)14(25)5-10(18)3-4-11-12-6-15(26)21(29,17(28)9-24)19(12,2)8-16(27)20(11,18)23/h5,7,11-12,15-16,24,26-27,29H,3-4,6,8-9H2,1-2H3/t11-,12-,15+,16-,18-,19-,20-,21-/m0/s1. The topological polar surface area (TPSA) is 115 Å². The number of rotatable bonds is 2. The van der Waals surface area contributed by atoms with Crippen LogP contribution in [0.25, 0.3) is 0 Å². The SMILES string of the molecule is C[C@]12C=C(Cl)C(=O)C=C1CC[C@H]1[C@@H]3C[C@@H](O)[C@](O)(C(=O)CO)[C@@]3(C)C[C@H](O)[C@@]12F. The lowest BCUT2D eigenvalue weighted by molar-refractivity contribution is -0.222. The summed E-state index contributed by atoms with van der Waals surface area (Å²) in [5, 5.41) is 42.1. The predicted molar refractivity (Wildman–Crippen MR) is 102 cm³/mol. The molecule has 0 aromatic carbocycles. The molecule has 8 atom stereocenters. The molecule has 0 bridgehead atoms. The van der Waals surface area contributed by atoms with Crippen molar-refractivity contribution in [3.63, 3.8) is 0 Å². The summed E-state index contributed by atoms with van der Waals surface area (Å²) in [6.45, 7) is 2.23. The van der Waals surface area contributed by atoms with Crippen molar-refractivity contribution in [1.29, 1.82) is 0 Å². The third kappa shape index (κ3) is 2.26. The third-order valence-electron chi connectivity index (χ3n) is 8.49. The zero-order valence-corrected chi connectivity index (χ0v) is 17.1. The van der Waals surface area contributed by atoms with Gasteiger partial charge in [0.05, 0.1) is 17.2 Å². The Labute approximate surface area is 173 Å². The lowest BCUT2D eigenvalue weighted by Gasteiger charge is -2.62. The van der Waals surface area contributed by atoms with Crippen LogP contribution in [-0.4, -0.2) is 62.1 Å². The van der Waals surface area contributed by atoms with Crippen molar-refractivity contribution < 1.29 is 34.4 Å². The molecule has 4 N–H and O–H groups in total. The molecule has 160 valence electrons. The maximum Gasteiger partial charge on any atom is 0.196 e. The minimum atomic E-state index is -2.26. The number of alkyl halides is 1. The van der Waals surface area contributed by atoms with E-state index in [1.54, 1.807) is 13.8 Å². The van der Waals surface area contributed by atoms with Gasteiger partial charge in [0.25, 0.3) is 0 Å². The molecule has 4 rings (SSSR count). The van der Waals surface area contributed by atoms with Gasteiger partial charge in [-0.1, -0.05) is 24.1 Å². The second-order valence-corrected chi connectivity index (χ2v) is 9.89. The number of carbonyl (C=O) groups excluding carboxylic acids is 2. The molecule has 4 aliphatic carbocycles. The van der Waals surface area contributed by atoms with Crippen LogP contribution in [0.5, 0.6) is 0 Å². The van der Waals surface area contributed by atoms with Gasteiger partial charge in [-0.25, -0.2) is 4.39 Å².